The van der Waals surface area contributed by atoms with E-state index in [1.165, 1.54) is 15.3 Å². The molecule has 0 saturated heterocycles. The van der Waals surface area contributed by atoms with E-state index in [1.54, 1.807) is 45.3 Å². The van der Waals surface area contributed by atoms with Crippen molar-refractivity contribution in [3.63, 3.8) is 0 Å². The second-order valence-corrected chi connectivity index (χ2v) is 11.6. The third-order valence-electron chi connectivity index (χ3n) is 6.91. The summed E-state index contributed by atoms with van der Waals surface area (Å²) in [6, 6.07) is 20.6. The molecule has 2 N–H and O–H groups in total. The fourth-order valence-electron chi connectivity index (χ4n) is 4.59. The first-order valence-corrected chi connectivity index (χ1v) is 14.2. The molecule has 0 aliphatic carbocycles. The van der Waals surface area contributed by atoms with Crippen LogP contribution in [-0.2, 0) is 10.0 Å². The maximum absolute atomic E-state index is 13.8. The second-order valence-electron chi connectivity index (χ2n) is 9.78. The lowest BCUT2D eigenvalue weighted by Gasteiger charge is -2.37. The lowest BCUT2D eigenvalue weighted by molar-refractivity contribution is 0.0830. The number of carbonyl (C=O) groups is 1. The van der Waals surface area contributed by atoms with Gasteiger partial charge in [-0.3, -0.25) is 0 Å². The number of sulfonamides is 1. The summed E-state index contributed by atoms with van der Waals surface area (Å²) in [4.78, 5) is 14.5. The van der Waals surface area contributed by atoms with Crippen molar-refractivity contribution < 1.29 is 27.8 Å². The van der Waals surface area contributed by atoms with Crippen molar-refractivity contribution in [1.82, 2.24) is 9.21 Å². The molecule has 0 aromatic heterocycles. The van der Waals surface area contributed by atoms with Crippen molar-refractivity contribution in [3.8, 4) is 22.6 Å². The minimum absolute atomic E-state index is 0.00902. The van der Waals surface area contributed by atoms with Crippen LogP contribution in [0.5, 0.6) is 11.5 Å². The van der Waals surface area contributed by atoms with Crippen molar-refractivity contribution in [1.29, 1.82) is 0 Å². The number of ether oxygens (including phenoxy) is 2. The summed E-state index contributed by atoms with van der Waals surface area (Å²) in [6.45, 7) is 3.56. The molecule has 1 heterocycles. The number of amides is 2. The molecular formula is C29H35N3O6S. The van der Waals surface area contributed by atoms with Crippen LogP contribution in [-0.4, -0.2) is 74.8 Å². The Hall–Kier alpha value is -3.60. The van der Waals surface area contributed by atoms with Gasteiger partial charge in [0.25, 0.3) is 0 Å². The van der Waals surface area contributed by atoms with Crippen LogP contribution >= 0.6 is 0 Å². The molecule has 10 heteroatoms. The number of likely N-dealkylation sites (N-methyl/N-ethyl adjacent to an activating group) is 1. The van der Waals surface area contributed by atoms with E-state index in [9.17, 15) is 18.3 Å². The number of carbonyl (C=O) groups excluding carboxylic acids is 1. The Balaban J connectivity index is 1.72. The van der Waals surface area contributed by atoms with Crippen LogP contribution in [0.25, 0.3) is 11.1 Å². The van der Waals surface area contributed by atoms with Gasteiger partial charge < -0.3 is 24.8 Å². The molecule has 0 saturated carbocycles. The summed E-state index contributed by atoms with van der Waals surface area (Å²) in [7, 11) is -0.737. The number of aliphatic hydroxyl groups excluding tert-OH is 1. The summed E-state index contributed by atoms with van der Waals surface area (Å²) in [5, 5.41) is 12.7. The lowest BCUT2D eigenvalue weighted by atomic mass is 10.0. The molecule has 3 aromatic rings. The first kappa shape index (κ1) is 28.4. The lowest BCUT2D eigenvalue weighted by Crippen LogP contribution is -2.50. The van der Waals surface area contributed by atoms with Crippen LogP contribution in [0.1, 0.15) is 13.8 Å². The highest BCUT2D eigenvalue weighted by atomic mass is 32.2. The van der Waals surface area contributed by atoms with E-state index in [0.717, 1.165) is 11.1 Å². The minimum Gasteiger partial charge on any atom is -0.496 e. The Morgan fingerprint density at radius 1 is 1.15 bits per heavy atom. The Bertz CT molecular complexity index is 1400. The molecule has 1 aliphatic heterocycles. The average molecular weight is 554 g/mol. The zero-order valence-corrected chi connectivity index (χ0v) is 23.4. The molecule has 0 spiro atoms. The highest BCUT2D eigenvalue weighted by molar-refractivity contribution is 7.89. The number of benzene rings is 3. The monoisotopic (exact) mass is 553 g/mol. The van der Waals surface area contributed by atoms with Crippen LogP contribution in [0.4, 0.5) is 10.5 Å². The van der Waals surface area contributed by atoms with E-state index in [2.05, 4.69) is 5.32 Å². The average Bonchev–Trinajstić information content (AvgIpc) is 2.94. The number of rotatable bonds is 7. The number of nitrogens with zero attached hydrogens (tertiary/aromatic N) is 2. The largest absolute Gasteiger partial charge is 0.496 e. The van der Waals surface area contributed by atoms with Crippen molar-refractivity contribution in [2.75, 3.05) is 39.2 Å². The smallest absolute Gasteiger partial charge is 0.321 e. The molecule has 208 valence electrons. The maximum atomic E-state index is 13.8. The standard InChI is InChI=1S/C29H35N3O6S/c1-20-17-32(21(2)19-33)39(35,36)28-15-14-22(24-12-8-9-13-25(24)37-4)16-26(28)38-27(20)18-31(3)29(34)30-23-10-6-5-7-11-23/h5-16,20-21,27,33H,17-19H2,1-4H3,(H,30,34)/t20-,21+,27-/m1/s1. The van der Waals surface area contributed by atoms with Gasteiger partial charge in [0.2, 0.25) is 10.0 Å². The fourth-order valence-corrected chi connectivity index (χ4v) is 6.41. The third kappa shape index (κ3) is 6.19. The number of fused-ring (bicyclic) bond motifs is 1. The van der Waals surface area contributed by atoms with Gasteiger partial charge in [-0.25, -0.2) is 13.2 Å². The zero-order valence-electron chi connectivity index (χ0n) is 22.6. The Kier molecular flexibility index (Phi) is 8.79. The number of aliphatic hydroxyl groups is 1. The van der Waals surface area contributed by atoms with Crippen molar-refractivity contribution in [2.45, 2.75) is 30.9 Å². The Labute approximate surface area is 230 Å². The molecular weight excluding hydrogens is 518 g/mol. The number of urea groups is 1. The van der Waals surface area contributed by atoms with E-state index in [1.807, 2.05) is 49.4 Å². The van der Waals surface area contributed by atoms with Crippen molar-refractivity contribution >= 4 is 21.7 Å². The predicted molar refractivity (Wildman–Crippen MR) is 151 cm³/mol. The second kappa shape index (κ2) is 12.1. The van der Waals surface area contributed by atoms with Crippen LogP contribution in [0, 0.1) is 5.92 Å². The highest BCUT2D eigenvalue weighted by Crippen LogP contribution is 2.38. The van der Waals surface area contributed by atoms with E-state index in [-0.39, 0.29) is 42.3 Å². The van der Waals surface area contributed by atoms with Crippen LogP contribution in [0.15, 0.2) is 77.7 Å². The van der Waals surface area contributed by atoms with Gasteiger partial charge in [-0.1, -0.05) is 49.4 Å². The highest BCUT2D eigenvalue weighted by Gasteiger charge is 2.38. The van der Waals surface area contributed by atoms with Crippen LogP contribution in [0.3, 0.4) is 0 Å². The molecule has 39 heavy (non-hydrogen) atoms. The first-order chi connectivity index (χ1) is 18.6. The molecule has 3 aromatic carbocycles. The topological polar surface area (TPSA) is 108 Å². The molecule has 0 radical (unpaired) electrons. The number of hydrogen-bond acceptors (Lipinski definition) is 6. The number of nitrogens with one attached hydrogen (secondary N) is 1. The molecule has 3 atom stereocenters. The van der Waals surface area contributed by atoms with Gasteiger partial charge in [-0.05, 0) is 42.8 Å². The summed E-state index contributed by atoms with van der Waals surface area (Å²) in [6.07, 6.45) is -0.535. The Morgan fingerprint density at radius 2 is 1.85 bits per heavy atom. The third-order valence-corrected chi connectivity index (χ3v) is 8.93. The summed E-state index contributed by atoms with van der Waals surface area (Å²) >= 11 is 0. The minimum atomic E-state index is -3.99. The number of para-hydroxylation sites is 2. The zero-order chi connectivity index (χ0) is 28.2. The quantitative estimate of drug-likeness (QED) is 0.452. The van der Waals surface area contributed by atoms with E-state index in [4.69, 9.17) is 9.47 Å². The van der Waals surface area contributed by atoms with Crippen molar-refractivity contribution in [2.24, 2.45) is 5.92 Å². The molecule has 4 rings (SSSR count). The Morgan fingerprint density at radius 3 is 2.54 bits per heavy atom. The maximum Gasteiger partial charge on any atom is 0.321 e. The van der Waals surface area contributed by atoms with Gasteiger partial charge in [0, 0.05) is 36.8 Å². The fraction of sp³-hybridized carbons (Fsp3) is 0.345. The van der Waals surface area contributed by atoms with Gasteiger partial charge in [-0.15, -0.1) is 0 Å². The van der Waals surface area contributed by atoms with Crippen LogP contribution in [0.2, 0.25) is 0 Å². The van der Waals surface area contributed by atoms with Gasteiger partial charge in [0.05, 0.1) is 20.3 Å². The molecule has 0 fully saturated rings. The van der Waals surface area contributed by atoms with Gasteiger partial charge in [0.1, 0.15) is 22.5 Å². The molecule has 2 amide bonds. The number of methoxy groups -OCH3 is 1. The molecule has 1 aliphatic rings. The van der Waals surface area contributed by atoms with Gasteiger partial charge in [0.15, 0.2) is 0 Å². The molecule has 0 unspecified atom stereocenters. The summed E-state index contributed by atoms with van der Waals surface area (Å²) in [5.74, 6) is 0.523. The van der Waals surface area contributed by atoms with Crippen molar-refractivity contribution in [3.05, 3.63) is 72.8 Å². The van der Waals surface area contributed by atoms with Crippen LogP contribution < -0.4 is 14.8 Å². The summed E-state index contributed by atoms with van der Waals surface area (Å²) in [5.41, 5.74) is 2.18. The first-order valence-electron chi connectivity index (χ1n) is 12.8. The predicted octanol–water partition coefficient (Wildman–Crippen LogP) is 4.29. The van der Waals surface area contributed by atoms with E-state index in [0.29, 0.717) is 11.4 Å². The number of anilines is 1. The van der Waals surface area contributed by atoms with E-state index < -0.39 is 22.2 Å². The SMILES string of the molecule is COc1ccccc1-c1ccc2c(c1)O[C@H](CN(C)C(=O)Nc1ccccc1)[C@H](C)CN([C@@H](C)CO)S2(=O)=O. The number of hydrogen-bond donors (Lipinski definition) is 2. The summed E-state index contributed by atoms with van der Waals surface area (Å²) < 4.78 is 40.8. The van der Waals surface area contributed by atoms with Gasteiger partial charge in [-0.2, -0.15) is 4.31 Å². The molecule has 0 bridgehead atoms. The normalized spacial score (nSPS) is 19.5. The van der Waals surface area contributed by atoms with E-state index >= 15 is 0 Å². The molecule has 9 nitrogen and oxygen atoms in total. The van der Waals surface area contributed by atoms with Gasteiger partial charge >= 0.3 is 6.03 Å².